The molecule has 1 rings (SSSR count). The molecule has 1 aliphatic carbocycles. The fraction of sp³-hybridized carbons (Fsp3) is 0.923. The lowest BCUT2D eigenvalue weighted by atomic mass is 9.75. The van der Waals surface area contributed by atoms with Gasteiger partial charge in [-0.1, -0.05) is 362 Å². The summed E-state index contributed by atoms with van der Waals surface area (Å²) in [6, 6.07) is 0. The lowest BCUT2D eigenvalue weighted by Crippen LogP contribution is -2.19. The normalized spacial score (nSPS) is 15.7. The van der Waals surface area contributed by atoms with E-state index in [1.54, 1.807) is 0 Å². The van der Waals surface area contributed by atoms with Crippen molar-refractivity contribution in [3.05, 3.63) is 36.5 Å². The zero-order valence-corrected chi connectivity index (χ0v) is 60.3. The average molecular weight is 1100 g/mol. The van der Waals surface area contributed by atoms with Crippen LogP contribution in [0.2, 0.25) is 0 Å². The molecule has 8 unspecified atom stereocenters. The van der Waals surface area contributed by atoms with Gasteiger partial charge in [-0.2, -0.15) is 0 Å². The smallest absolute Gasteiger partial charge is 0.0346 e. The Morgan fingerprint density at radius 3 is 1.28 bits per heavy atom. The first-order valence-corrected chi connectivity index (χ1v) is 35.5. The Bertz CT molecular complexity index is 1160. The average Bonchev–Trinajstić information content (AvgIpc) is 3.34. The van der Waals surface area contributed by atoms with E-state index in [9.17, 15) is 0 Å². The Hall–Kier alpha value is -0.780. The standard InChI is InChI=1S/2C19H40.C11H24.C11H22.C7H14.C6H12.C5H10/c1-10-17(16(3)14-19(7,8)9)12-11-15(2)13-18(4,5)6;1-6-11-17(4)13-9-10-14-19(8-3)16-15-18(5)12-7-2;2*1-5-7-11(4)9-6-8-10(2)3;1-7-5-3-2-4-6-7;1-3-5-6-4-2;1-3-5-4-2/h15-17H,10-14H2,1-9H3;17-19H,6-16H2,1-5H3;10-11H,5-9H2,1-4H3;8,11H,5-7,9H2,1-4H3;7H,2-6H2,1H3;3H,1,4-6H2,2H3;3,5H,4H2,1-2H3/b;;;;;;5-3+. The van der Waals surface area contributed by atoms with Gasteiger partial charge < -0.3 is 0 Å². The predicted octanol–water partition coefficient (Wildman–Crippen LogP) is 29.5. The molecule has 0 heteroatoms. The molecule has 0 radical (unpaired) electrons. The van der Waals surface area contributed by atoms with Gasteiger partial charge in [-0.3, -0.25) is 0 Å². The summed E-state index contributed by atoms with van der Waals surface area (Å²) in [4.78, 5) is 0. The molecule has 0 saturated heterocycles. The van der Waals surface area contributed by atoms with Crippen LogP contribution in [0.1, 0.15) is 398 Å². The number of hydrogen-bond donors (Lipinski definition) is 0. The van der Waals surface area contributed by atoms with Crippen molar-refractivity contribution in [1.29, 1.82) is 0 Å². The maximum atomic E-state index is 3.60. The van der Waals surface area contributed by atoms with Crippen LogP contribution in [-0.2, 0) is 0 Å². The number of hydrogen-bond acceptors (Lipinski definition) is 0. The summed E-state index contributed by atoms with van der Waals surface area (Å²) in [5.41, 5.74) is 2.41. The third-order valence-corrected chi connectivity index (χ3v) is 16.4. The molecule has 0 aromatic carbocycles. The molecule has 0 amide bonds. The highest BCUT2D eigenvalue weighted by Crippen LogP contribution is 2.35. The van der Waals surface area contributed by atoms with Crippen molar-refractivity contribution in [1.82, 2.24) is 0 Å². The van der Waals surface area contributed by atoms with Crippen LogP contribution in [0, 0.1) is 70.0 Å². The van der Waals surface area contributed by atoms with Gasteiger partial charge >= 0.3 is 0 Å². The largest absolute Gasteiger partial charge is 0.103 e. The van der Waals surface area contributed by atoms with Gasteiger partial charge in [0.05, 0.1) is 0 Å². The van der Waals surface area contributed by atoms with Gasteiger partial charge in [-0.15, -0.1) is 6.58 Å². The first-order chi connectivity index (χ1) is 36.6. The highest BCUT2D eigenvalue weighted by Gasteiger charge is 2.23. The molecular formula is C78H162. The molecule has 0 N–H and O–H groups in total. The van der Waals surface area contributed by atoms with Crippen LogP contribution >= 0.6 is 0 Å². The molecule has 0 spiro atoms. The molecule has 474 valence electrons. The molecule has 78 heavy (non-hydrogen) atoms. The van der Waals surface area contributed by atoms with E-state index in [-0.39, 0.29) is 0 Å². The predicted molar refractivity (Wildman–Crippen MR) is 372 cm³/mol. The molecular weight excluding hydrogens is 937 g/mol. The Morgan fingerprint density at radius 1 is 0.474 bits per heavy atom. The van der Waals surface area contributed by atoms with Crippen LogP contribution < -0.4 is 0 Å². The lowest BCUT2D eigenvalue weighted by molar-refractivity contribution is 0.206. The van der Waals surface area contributed by atoms with Gasteiger partial charge in [0.25, 0.3) is 0 Å². The van der Waals surface area contributed by atoms with Gasteiger partial charge in [-0.05, 0) is 136 Å². The van der Waals surface area contributed by atoms with Crippen molar-refractivity contribution in [2.75, 3.05) is 0 Å². The van der Waals surface area contributed by atoms with E-state index < -0.39 is 0 Å². The maximum absolute atomic E-state index is 3.60. The molecule has 1 aliphatic rings. The molecule has 0 nitrogen and oxygen atoms in total. The number of rotatable bonds is 35. The van der Waals surface area contributed by atoms with Gasteiger partial charge in [0.2, 0.25) is 0 Å². The molecule has 8 atom stereocenters. The molecule has 1 fully saturated rings. The third-order valence-electron chi connectivity index (χ3n) is 16.4. The first-order valence-electron chi connectivity index (χ1n) is 35.5. The van der Waals surface area contributed by atoms with E-state index in [4.69, 9.17) is 0 Å². The lowest BCUT2D eigenvalue weighted by Gasteiger charge is -2.30. The topological polar surface area (TPSA) is 0 Å². The van der Waals surface area contributed by atoms with Gasteiger partial charge in [0.15, 0.2) is 0 Å². The first kappa shape index (κ1) is 88.4. The van der Waals surface area contributed by atoms with Crippen molar-refractivity contribution in [3.63, 3.8) is 0 Å². The van der Waals surface area contributed by atoms with Crippen LogP contribution in [0.5, 0.6) is 0 Å². The summed E-state index contributed by atoms with van der Waals surface area (Å²) in [5.74, 6) is 9.36. The fourth-order valence-electron chi connectivity index (χ4n) is 11.6. The quantitative estimate of drug-likeness (QED) is 0.0438. The highest BCUT2D eigenvalue weighted by molar-refractivity contribution is 4.92. The monoisotopic (exact) mass is 1100 g/mol. The summed E-state index contributed by atoms with van der Waals surface area (Å²) < 4.78 is 0. The van der Waals surface area contributed by atoms with E-state index in [0.29, 0.717) is 10.8 Å². The maximum Gasteiger partial charge on any atom is -0.0346 e. The summed E-state index contributed by atoms with van der Waals surface area (Å²) in [7, 11) is 0. The minimum atomic E-state index is 0.476. The molecule has 0 heterocycles. The SMILES string of the molecule is C/C=C/CC.C=CCCCC.CC1CCCCC1.CCC(CCC(C)CC(C)(C)C)C(C)CC(C)(C)C.CCCC(C)CCC=C(C)C.CCCC(C)CCCC(C)C.CCCC(C)CCCCC(CC)CCC(C)CCC. The minimum absolute atomic E-state index is 0.476. The van der Waals surface area contributed by atoms with Crippen molar-refractivity contribution in [3.8, 4) is 0 Å². The van der Waals surface area contributed by atoms with Gasteiger partial charge in [0.1, 0.15) is 0 Å². The molecule has 0 bridgehead atoms. The molecule has 1 saturated carbocycles. The van der Waals surface area contributed by atoms with Gasteiger partial charge in [0, 0.05) is 0 Å². The van der Waals surface area contributed by atoms with Crippen LogP contribution in [0.15, 0.2) is 36.5 Å². The van der Waals surface area contributed by atoms with E-state index in [1.165, 1.54) is 217 Å². The second kappa shape index (κ2) is 63.8. The molecule has 0 aromatic heterocycles. The Labute approximate surface area is 502 Å². The Morgan fingerprint density at radius 2 is 0.936 bits per heavy atom. The van der Waals surface area contributed by atoms with Gasteiger partial charge in [-0.25, -0.2) is 0 Å². The minimum Gasteiger partial charge on any atom is -0.103 e. The van der Waals surface area contributed by atoms with Crippen LogP contribution in [-0.4, -0.2) is 0 Å². The van der Waals surface area contributed by atoms with Crippen molar-refractivity contribution < 1.29 is 0 Å². The Balaban J connectivity index is -0.000000204. The van der Waals surface area contributed by atoms with Crippen LogP contribution in [0.3, 0.4) is 0 Å². The fourth-order valence-corrected chi connectivity index (χ4v) is 11.6. The molecule has 0 aliphatic heterocycles. The second-order valence-electron chi connectivity index (χ2n) is 29.4. The Kier molecular flexibility index (Phi) is 72.3. The van der Waals surface area contributed by atoms with E-state index in [2.05, 4.69) is 198 Å². The van der Waals surface area contributed by atoms with Crippen molar-refractivity contribution in [2.45, 2.75) is 398 Å². The zero-order chi connectivity index (χ0) is 61.2. The number of unbranched alkanes of at least 4 members (excludes halogenated alkanes) is 3. The number of allylic oxidation sites excluding steroid dienone is 5. The third kappa shape index (κ3) is 81.7. The van der Waals surface area contributed by atoms with Crippen LogP contribution in [0.25, 0.3) is 0 Å². The van der Waals surface area contributed by atoms with Crippen LogP contribution in [0.4, 0.5) is 0 Å². The second-order valence-corrected chi connectivity index (χ2v) is 29.4. The highest BCUT2D eigenvalue weighted by atomic mass is 14.3. The summed E-state index contributed by atoms with van der Waals surface area (Å²) in [6.07, 6.45) is 55.9. The zero-order valence-electron chi connectivity index (χ0n) is 60.3. The van der Waals surface area contributed by atoms with E-state index in [1.807, 2.05) is 13.0 Å². The summed E-state index contributed by atoms with van der Waals surface area (Å²) in [5, 5.41) is 0. The van der Waals surface area contributed by atoms with Crippen molar-refractivity contribution in [2.24, 2.45) is 70.0 Å². The summed E-state index contributed by atoms with van der Waals surface area (Å²) >= 11 is 0. The van der Waals surface area contributed by atoms with E-state index >= 15 is 0 Å². The van der Waals surface area contributed by atoms with E-state index in [0.717, 1.165) is 65.6 Å². The van der Waals surface area contributed by atoms with Crippen molar-refractivity contribution >= 4 is 0 Å². The summed E-state index contributed by atoms with van der Waals surface area (Å²) in [6.45, 7) is 63.9. The molecule has 0 aromatic rings.